The Labute approximate surface area is 119 Å². The lowest BCUT2D eigenvalue weighted by molar-refractivity contribution is 0.0697. The molecule has 0 bridgehead atoms. The average Bonchev–Trinajstić information content (AvgIpc) is 2.46. The van der Waals surface area contributed by atoms with Gasteiger partial charge in [-0.05, 0) is 50.7 Å². The van der Waals surface area contributed by atoms with Crippen molar-refractivity contribution in [3.63, 3.8) is 0 Å². The smallest absolute Gasteiger partial charge is 0.339 e. The molecule has 0 saturated carbocycles. The summed E-state index contributed by atoms with van der Waals surface area (Å²) >= 11 is 0. The number of hydrogen-bond acceptors (Lipinski definition) is 3. The molecule has 2 aliphatic rings. The van der Waals surface area contributed by atoms with Gasteiger partial charge in [-0.25, -0.2) is 9.78 Å². The summed E-state index contributed by atoms with van der Waals surface area (Å²) in [5.74, 6) is -0.210. The van der Waals surface area contributed by atoms with Gasteiger partial charge in [0.1, 0.15) is 11.4 Å². The minimum atomic E-state index is -0.868. The topological polar surface area (TPSA) is 53.4 Å². The number of hydrogen-bond donors (Lipinski definition) is 1. The molecular weight excluding hydrogens is 252 g/mol. The van der Waals surface area contributed by atoms with E-state index in [1.807, 2.05) is 6.07 Å². The molecule has 4 nitrogen and oxygen atoms in total. The third-order valence-electron chi connectivity index (χ3n) is 4.14. The molecule has 1 N–H and O–H groups in total. The van der Waals surface area contributed by atoms with Gasteiger partial charge in [0.15, 0.2) is 0 Å². The number of anilines is 1. The van der Waals surface area contributed by atoms with Gasteiger partial charge >= 0.3 is 5.97 Å². The molecule has 0 unspecified atom stereocenters. The van der Waals surface area contributed by atoms with Crippen molar-refractivity contribution in [1.29, 1.82) is 0 Å². The van der Waals surface area contributed by atoms with Crippen LogP contribution in [0.15, 0.2) is 17.7 Å². The Morgan fingerprint density at radius 1 is 1.35 bits per heavy atom. The summed E-state index contributed by atoms with van der Waals surface area (Å²) in [6.45, 7) is 3.72. The first-order chi connectivity index (χ1) is 9.65. The van der Waals surface area contributed by atoms with E-state index < -0.39 is 5.97 Å². The normalized spacial score (nSPS) is 18.4. The summed E-state index contributed by atoms with van der Waals surface area (Å²) < 4.78 is 0. The zero-order valence-electron chi connectivity index (χ0n) is 11.9. The molecule has 0 aromatic carbocycles. The van der Waals surface area contributed by atoms with Crippen molar-refractivity contribution in [1.82, 2.24) is 4.98 Å². The van der Waals surface area contributed by atoms with Crippen LogP contribution in [0.2, 0.25) is 0 Å². The maximum atomic E-state index is 11.6. The Hall–Kier alpha value is -1.84. The second-order valence-electron chi connectivity index (χ2n) is 5.74. The van der Waals surface area contributed by atoms with Crippen molar-refractivity contribution >= 4 is 11.8 Å². The quantitative estimate of drug-likeness (QED) is 0.841. The Kier molecular flexibility index (Phi) is 3.47. The van der Waals surface area contributed by atoms with Crippen molar-refractivity contribution in [3.05, 3.63) is 34.5 Å². The van der Waals surface area contributed by atoms with Crippen molar-refractivity contribution < 1.29 is 9.90 Å². The fraction of sp³-hybridized carbons (Fsp3) is 0.500. The molecule has 0 radical (unpaired) electrons. The third kappa shape index (κ3) is 2.42. The molecule has 1 aromatic heterocycles. The lowest BCUT2D eigenvalue weighted by Gasteiger charge is -2.29. The average molecular weight is 272 g/mol. The fourth-order valence-corrected chi connectivity index (χ4v) is 3.11. The molecule has 0 spiro atoms. The first-order valence-corrected chi connectivity index (χ1v) is 7.32. The number of rotatable bonds is 2. The van der Waals surface area contributed by atoms with Crippen LogP contribution in [-0.2, 0) is 12.8 Å². The Morgan fingerprint density at radius 2 is 2.15 bits per heavy atom. The van der Waals surface area contributed by atoms with E-state index in [9.17, 15) is 9.90 Å². The number of aromatic carboxylic acids is 1. The number of aromatic nitrogens is 1. The van der Waals surface area contributed by atoms with Gasteiger partial charge in [-0.2, -0.15) is 0 Å². The second kappa shape index (κ2) is 5.27. The molecule has 2 heterocycles. The van der Waals surface area contributed by atoms with Crippen LogP contribution in [0.5, 0.6) is 0 Å². The highest BCUT2D eigenvalue weighted by atomic mass is 16.4. The monoisotopic (exact) mass is 272 g/mol. The van der Waals surface area contributed by atoms with Crippen LogP contribution in [0.25, 0.3) is 0 Å². The Balaban J connectivity index is 2.04. The molecule has 20 heavy (non-hydrogen) atoms. The van der Waals surface area contributed by atoms with Crippen LogP contribution in [0, 0.1) is 0 Å². The van der Waals surface area contributed by atoms with E-state index in [2.05, 4.69) is 17.9 Å². The summed E-state index contributed by atoms with van der Waals surface area (Å²) in [6, 6.07) is 1.85. The SMILES string of the molecule is CC1=CCCN(c2nc3c(cc2C(=O)O)CCCC3)C1. The highest BCUT2D eigenvalue weighted by Gasteiger charge is 2.23. The van der Waals surface area contributed by atoms with Gasteiger partial charge in [-0.1, -0.05) is 11.6 Å². The van der Waals surface area contributed by atoms with E-state index in [1.165, 1.54) is 5.57 Å². The molecule has 0 fully saturated rings. The van der Waals surface area contributed by atoms with Crippen molar-refractivity contribution in [2.75, 3.05) is 18.0 Å². The summed E-state index contributed by atoms with van der Waals surface area (Å²) in [6.07, 6.45) is 7.41. The van der Waals surface area contributed by atoms with Gasteiger partial charge in [-0.15, -0.1) is 0 Å². The third-order valence-corrected chi connectivity index (χ3v) is 4.14. The van der Waals surface area contributed by atoms with E-state index in [4.69, 9.17) is 4.98 Å². The molecular formula is C16H20N2O2. The van der Waals surface area contributed by atoms with Gasteiger partial charge in [0, 0.05) is 18.8 Å². The predicted octanol–water partition coefficient (Wildman–Crippen LogP) is 2.82. The van der Waals surface area contributed by atoms with Gasteiger partial charge in [0.2, 0.25) is 0 Å². The first-order valence-electron chi connectivity index (χ1n) is 7.32. The minimum Gasteiger partial charge on any atom is -0.478 e. The van der Waals surface area contributed by atoms with Crippen LogP contribution in [0.1, 0.15) is 47.8 Å². The van der Waals surface area contributed by atoms with Crippen molar-refractivity contribution in [2.24, 2.45) is 0 Å². The summed E-state index contributed by atoms with van der Waals surface area (Å²) in [7, 11) is 0. The van der Waals surface area contributed by atoms with Crippen molar-refractivity contribution in [3.8, 4) is 0 Å². The van der Waals surface area contributed by atoms with Crippen LogP contribution < -0.4 is 4.90 Å². The van der Waals surface area contributed by atoms with Gasteiger partial charge in [0.25, 0.3) is 0 Å². The molecule has 4 heteroatoms. The molecule has 0 amide bonds. The summed E-state index contributed by atoms with van der Waals surface area (Å²) in [5, 5.41) is 9.48. The van der Waals surface area contributed by atoms with Crippen LogP contribution >= 0.6 is 0 Å². The van der Waals surface area contributed by atoms with E-state index >= 15 is 0 Å². The van der Waals surface area contributed by atoms with E-state index in [-0.39, 0.29) is 0 Å². The number of fused-ring (bicyclic) bond motifs is 1. The number of nitrogens with zero attached hydrogens (tertiary/aromatic N) is 2. The number of pyridine rings is 1. The highest BCUT2D eigenvalue weighted by molar-refractivity contribution is 5.93. The van der Waals surface area contributed by atoms with E-state index in [0.29, 0.717) is 11.4 Å². The van der Waals surface area contributed by atoms with E-state index in [1.54, 1.807) is 0 Å². The minimum absolute atomic E-state index is 0.361. The largest absolute Gasteiger partial charge is 0.478 e. The maximum Gasteiger partial charge on any atom is 0.339 e. The zero-order valence-corrected chi connectivity index (χ0v) is 11.9. The molecule has 0 saturated heterocycles. The predicted molar refractivity (Wildman–Crippen MR) is 78.4 cm³/mol. The van der Waals surface area contributed by atoms with E-state index in [0.717, 1.165) is 56.5 Å². The highest BCUT2D eigenvalue weighted by Crippen LogP contribution is 2.28. The van der Waals surface area contributed by atoms with Crippen LogP contribution in [0.3, 0.4) is 0 Å². The number of carboxylic acid groups (broad SMARTS) is 1. The van der Waals surface area contributed by atoms with Crippen LogP contribution in [-0.4, -0.2) is 29.1 Å². The van der Waals surface area contributed by atoms with Gasteiger partial charge in [0.05, 0.1) is 0 Å². The van der Waals surface area contributed by atoms with Gasteiger partial charge in [-0.3, -0.25) is 0 Å². The number of aryl methyl sites for hydroxylation is 2. The van der Waals surface area contributed by atoms with Crippen LogP contribution in [0.4, 0.5) is 5.82 Å². The lowest BCUT2D eigenvalue weighted by atomic mass is 9.94. The summed E-state index contributed by atoms with van der Waals surface area (Å²) in [5.41, 5.74) is 3.87. The Morgan fingerprint density at radius 3 is 2.90 bits per heavy atom. The molecule has 0 atom stereocenters. The second-order valence-corrected chi connectivity index (χ2v) is 5.74. The zero-order chi connectivity index (χ0) is 14.1. The molecule has 3 rings (SSSR count). The van der Waals surface area contributed by atoms with Gasteiger partial charge < -0.3 is 10.0 Å². The lowest BCUT2D eigenvalue weighted by Crippen LogP contribution is -2.32. The Bertz CT molecular complexity index is 578. The first kappa shape index (κ1) is 13.2. The molecule has 1 aliphatic heterocycles. The van der Waals surface area contributed by atoms with Crippen molar-refractivity contribution in [2.45, 2.75) is 39.0 Å². The fourth-order valence-electron chi connectivity index (χ4n) is 3.11. The number of carbonyl (C=O) groups is 1. The molecule has 1 aliphatic carbocycles. The molecule has 1 aromatic rings. The molecule has 106 valence electrons. The maximum absolute atomic E-state index is 11.6. The summed E-state index contributed by atoms with van der Waals surface area (Å²) in [4.78, 5) is 18.4. The standard InChI is InChI=1S/C16H20N2O2/c1-11-5-4-8-18(10-11)15-13(16(19)20)9-12-6-2-3-7-14(12)17-15/h5,9H,2-4,6-8,10H2,1H3,(H,19,20). The number of carboxylic acids is 1.